The molecule has 8 nitrogen and oxygen atoms in total. The molecule has 0 unspecified atom stereocenters. The summed E-state index contributed by atoms with van der Waals surface area (Å²) >= 11 is 0. The normalized spacial score (nSPS) is 13.9. The summed E-state index contributed by atoms with van der Waals surface area (Å²) in [5, 5.41) is 2.95. The third-order valence-electron chi connectivity index (χ3n) is 6.07. The average Bonchev–Trinajstić information content (AvgIpc) is 3.35. The fourth-order valence-electron chi connectivity index (χ4n) is 4.35. The summed E-state index contributed by atoms with van der Waals surface area (Å²) in [6.45, 7) is 4.78. The molecule has 1 aliphatic heterocycles. The molecule has 3 heterocycles. The molecule has 2 amide bonds. The van der Waals surface area contributed by atoms with Crippen molar-refractivity contribution >= 4 is 40.1 Å². The Hall–Kier alpha value is -4.07. The van der Waals surface area contributed by atoms with Gasteiger partial charge < -0.3 is 24.3 Å². The molecule has 0 spiro atoms. The number of aromatic nitrogens is 2. The van der Waals surface area contributed by atoms with Gasteiger partial charge in [-0.2, -0.15) is 0 Å². The molecule has 1 N–H and O–H groups in total. The summed E-state index contributed by atoms with van der Waals surface area (Å²) in [5.74, 6) is 0.691. The van der Waals surface area contributed by atoms with Crippen molar-refractivity contribution in [3.05, 3.63) is 72.4 Å². The summed E-state index contributed by atoms with van der Waals surface area (Å²) in [4.78, 5) is 33.4. The van der Waals surface area contributed by atoms with Crippen LogP contribution in [-0.2, 0) is 16.0 Å². The molecule has 1 aliphatic rings. The molecule has 2 aromatic heterocycles. The SMILES string of the molecule is CCOC(=O)Cc1ccc(NC(=O)N2CCN(c3nc4ccccc4n4cccc34)CC2)cc1. The lowest BCUT2D eigenvalue weighted by atomic mass is 10.1. The minimum atomic E-state index is -0.254. The van der Waals surface area contributed by atoms with E-state index in [0.717, 1.165) is 27.9 Å². The van der Waals surface area contributed by atoms with Crippen LogP contribution in [-0.4, -0.2) is 59.1 Å². The highest BCUT2D eigenvalue weighted by Gasteiger charge is 2.24. The Kier molecular flexibility index (Phi) is 6.03. The quantitative estimate of drug-likeness (QED) is 0.459. The standard InChI is InChI=1S/C26H27N5O3/c1-2-34-24(32)18-19-9-11-20(12-10-19)27-26(33)30-16-14-29(15-17-30)25-23-8-5-13-31(23)22-7-4-3-6-21(22)28-25/h3-13H,2,14-18H2,1H3,(H,27,33). The second kappa shape index (κ2) is 9.43. The molecule has 4 aromatic rings. The second-order valence-corrected chi connectivity index (χ2v) is 8.27. The number of nitrogens with zero attached hydrogens (tertiary/aromatic N) is 4. The lowest BCUT2D eigenvalue weighted by Crippen LogP contribution is -2.50. The topological polar surface area (TPSA) is 79.2 Å². The number of carbonyl (C=O) groups excluding carboxylic acids is 2. The van der Waals surface area contributed by atoms with Gasteiger partial charge in [-0.15, -0.1) is 0 Å². The third-order valence-corrected chi connectivity index (χ3v) is 6.07. The summed E-state index contributed by atoms with van der Waals surface area (Å²) < 4.78 is 7.14. The van der Waals surface area contributed by atoms with Crippen molar-refractivity contribution in [2.75, 3.05) is 43.0 Å². The molecule has 5 rings (SSSR count). The molecule has 2 aromatic carbocycles. The van der Waals surface area contributed by atoms with Gasteiger partial charge in [0.05, 0.1) is 29.6 Å². The zero-order valence-corrected chi connectivity index (χ0v) is 19.1. The number of rotatable bonds is 5. The molecule has 0 saturated carbocycles. The van der Waals surface area contributed by atoms with E-state index in [0.29, 0.717) is 38.5 Å². The number of hydrogen-bond acceptors (Lipinski definition) is 5. The van der Waals surface area contributed by atoms with Gasteiger partial charge in [-0.3, -0.25) is 4.79 Å². The Morgan fingerprint density at radius 1 is 0.941 bits per heavy atom. The molecule has 34 heavy (non-hydrogen) atoms. The van der Waals surface area contributed by atoms with Crippen molar-refractivity contribution in [1.82, 2.24) is 14.3 Å². The van der Waals surface area contributed by atoms with Gasteiger partial charge in [0.1, 0.15) is 0 Å². The van der Waals surface area contributed by atoms with E-state index in [2.05, 4.69) is 32.9 Å². The zero-order chi connectivity index (χ0) is 23.5. The van der Waals surface area contributed by atoms with Crippen molar-refractivity contribution in [3.63, 3.8) is 0 Å². The van der Waals surface area contributed by atoms with Crippen LogP contribution in [0, 0.1) is 0 Å². The molecule has 0 atom stereocenters. The molecule has 8 heteroatoms. The van der Waals surface area contributed by atoms with Crippen molar-refractivity contribution in [2.45, 2.75) is 13.3 Å². The van der Waals surface area contributed by atoms with Crippen LogP contribution >= 0.6 is 0 Å². The average molecular weight is 458 g/mol. The summed E-state index contributed by atoms with van der Waals surface area (Å²) in [5.41, 5.74) is 4.65. The van der Waals surface area contributed by atoms with Gasteiger partial charge >= 0.3 is 12.0 Å². The van der Waals surface area contributed by atoms with Gasteiger partial charge in [-0.1, -0.05) is 24.3 Å². The van der Waals surface area contributed by atoms with Crippen molar-refractivity contribution < 1.29 is 14.3 Å². The number of esters is 1. The van der Waals surface area contributed by atoms with E-state index in [9.17, 15) is 9.59 Å². The number of nitrogens with one attached hydrogen (secondary N) is 1. The van der Waals surface area contributed by atoms with E-state index in [4.69, 9.17) is 9.72 Å². The summed E-state index contributed by atoms with van der Waals surface area (Å²) in [7, 11) is 0. The van der Waals surface area contributed by atoms with Gasteiger partial charge in [-0.25, -0.2) is 9.78 Å². The minimum Gasteiger partial charge on any atom is -0.466 e. The number of ether oxygens (including phenoxy) is 1. The molecular formula is C26H27N5O3. The number of amides is 2. The van der Waals surface area contributed by atoms with E-state index >= 15 is 0 Å². The summed E-state index contributed by atoms with van der Waals surface area (Å²) in [6, 6.07) is 19.4. The first-order valence-electron chi connectivity index (χ1n) is 11.5. The van der Waals surface area contributed by atoms with Crippen LogP contribution in [0.4, 0.5) is 16.3 Å². The van der Waals surface area contributed by atoms with E-state index < -0.39 is 0 Å². The minimum absolute atomic E-state index is 0.128. The highest BCUT2D eigenvalue weighted by molar-refractivity contribution is 5.90. The van der Waals surface area contributed by atoms with Crippen LogP contribution in [0.25, 0.3) is 16.6 Å². The van der Waals surface area contributed by atoms with E-state index in [1.54, 1.807) is 6.92 Å². The zero-order valence-electron chi connectivity index (χ0n) is 19.1. The van der Waals surface area contributed by atoms with Gasteiger partial charge in [0, 0.05) is 38.1 Å². The van der Waals surface area contributed by atoms with Crippen LogP contribution in [0.2, 0.25) is 0 Å². The second-order valence-electron chi connectivity index (χ2n) is 8.27. The highest BCUT2D eigenvalue weighted by Crippen LogP contribution is 2.26. The van der Waals surface area contributed by atoms with Gasteiger partial charge in [0.2, 0.25) is 0 Å². The van der Waals surface area contributed by atoms with Crippen LogP contribution in [0.3, 0.4) is 0 Å². The van der Waals surface area contributed by atoms with Crippen LogP contribution in [0.5, 0.6) is 0 Å². The monoisotopic (exact) mass is 457 g/mol. The highest BCUT2D eigenvalue weighted by atomic mass is 16.5. The largest absolute Gasteiger partial charge is 0.466 e. The number of carbonyl (C=O) groups is 2. The van der Waals surface area contributed by atoms with E-state index in [-0.39, 0.29) is 18.4 Å². The molecule has 1 saturated heterocycles. The number of urea groups is 1. The predicted molar refractivity (Wildman–Crippen MR) is 132 cm³/mol. The van der Waals surface area contributed by atoms with Crippen LogP contribution in [0.1, 0.15) is 12.5 Å². The van der Waals surface area contributed by atoms with Crippen LogP contribution < -0.4 is 10.2 Å². The Bertz CT molecular complexity index is 1320. The maximum absolute atomic E-state index is 12.8. The maximum atomic E-state index is 12.8. The fraction of sp³-hybridized carbons (Fsp3) is 0.269. The first kappa shape index (κ1) is 21.8. The van der Waals surface area contributed by atoms with Gasteiger partial charge in [-0.05, 0) is 48.9 Å². The number of piperazine rings is 1. The fourth-order valence-corrected chi connectivity index (χ4v) is 4.35. The summed E-state index contributed by atoms with van der Waals surface area (Å²) in [6.07, 6.45) is 2.28. The van der Waals surface area contributed by atoms with E-state index in [1.807, 2.05) is 53.4 Å². The Labute approximate surface area is 197 Å². The number of hydrogen-bond donors (Lipinski definition) is 1. The molecule has 0 radical (unpaired) electrons. The first-order valence-corrected chi connectivity index (χ1v) is 11.5. The predicted octanol–water partition coefficient (Wildman–Crippen LogP) is 3.95. The number of fused-ring (bicyclic) bond motifs is 3. The number of benzene rings is 2. The van der Waals surface area contributed by atoms with Crippen LogP contribution in [0.15, 0.2) is 66.9 Å². The van der Waals surface area contributed by atoms with Crippen molar-refractivity contribution in [2.24, 2.45) is 0 Å². The molecule has 1 fully saturated rings. The molecule has 0 bridgehead atoms. The van der Waals surface area contributed by atoms with Crippen molar-refractivity contribution in [1.29, 1.82) is 0 Å². The Morgan fingerprint density at radius 2 is 1.68 bits per heavy atom. The lowest BCUT2D eigenvalue weighted by molar-refractivity contribution is -0.142. The van der Waals surface area contributed by atoms with Gasteiger partial charge in [0.15, 0.2) is 5.82 Å². The van der Waals surface area contributed by atoms with E-state index in [1.165, 1.54) is 0 Å². The molecule has 174 valence electrons. The smallest absolute Gasteiger partial charge is 0.321 e. The molecule has 0 aliphatic carbocycles. The maximum Gasteiger partial charge on any atom is 0.321 e. The lowest BCUT2D eigenvalue weighted by Gasteiger charge is -2.35. The molecular weight excluding hydrogens is 430 g/mol. The Balaban J connectivity index is 1.22. The first-order chi connectivity index (χ1) is 16.6. The van der Waals surface area contributed by atoms with Gasteiger partial charge in [0.25, 0.3) is 0 Å². The third kappa shape index (κ3) is 4.39. The number of anilines is 2. The van der Waals surface area contributed by atoms with Crippen molar-refractivity contribution in [3.8, 4) is 0 Å². The Morgan fingerprint density at radius 3 is 2.44 bits per heavy atom. The number of para-hydroxylation sites is 2.